The van der Waals surface area contributed by atoms with Gasteiger partial charge in [0.05, 0.1) is 0 Å². The van der Waals surface area contributed by atoms with Crippen LogP contribution < -0.4 is 0 Å². The van der Waals surface area contributed by atoms with E-state index in [9.17, 15) is 4.79 Å². The number of hydrogen-bond donors (Lipinski definition) is 0. The van der Waals surface area contributed by atoms with E-state index >= 15 is 0 Å². The summed E-state index contributed by atoms with van der Waals surface area (Å²) in [6, 6.07) is 0. The maximum atomic E-state index is 10.8. The molecule has 0 bridgehead atoms. The molecule has 0 N–H and O–H groups in total. The van der Waals surface area contributed by atoms with Gasteiger partial charge in [-0.2, -0.15) is 0 Å². The molecule has 0 heterocycles. The molecule has 3 heteroatoms. The summed E-state index contributed by atoms with van der Waals surface area (Å²) >= 11 is 0.862. The first kappa shape index (κ1) is 15.0. The minimum absolute atomic E-state index is 0.0693. The van der Waals surface area contributed by atoms with Crippen molar-refractivity contribution in [1.82, 2.24) is 0 Å². The quantitative estimate of drug-likeness (QED) is 0.348. The van der Waals surface area contributed by atoms with E-state index in [0.717, 1.165) is 21.4 Å². The van der Waals surface area contributed by atoms with Gasteiger partial charge in [0, 0.05) is 0 Å². The van der Waals surface area contributed by atoms with Gasteiger partial charge >= 0.3 is 100 Å². The zero-order valence-electron chi connectivity index (χ0n) is 10.1. The Hall–Kier alpha value is -0.0105. The van der Waals surface area contributed by atoms with Crippen molar-refractivity contribution in [1.29, 1.82) is 0 Å². The summed E-state index contributed by atoms with van der Waals surface area (Å²) in [7, 11) is 1.46. The van der Waals surface area contributed by atoms with Crippen LogP contribution >= 0.6 is 0 Å². The van der Waals surface area contributed by atoms with E-state index in [-0.39, 0.29) is 5.97 Å². The van der Waals surface area contributed by atoms with Crippen LogP contribution in [-0.2, 0) is 9.53 Å². The first-order chi connectivity index (χ1) is 7.31. The molecule has 0 spiro atoms. The number of hydrogen-bond acceptors (Lipinski definition) is 2. The minimum atomic E-state index is -0.0693. The van der Waals surface area contributed by atoms with Gasteiger partial charge in [-0.15, -0.1) is 0 Å². The summed E-state index contributed by atoms with van der Waals surface area (Å²) < 4.78 is 4.59. The molecule has 0 unspecified atom stereocenters. The molecule has 2 nitrogen and oxygen atoms in total. The molecule has 0 aromatic heterocycles. The average Bonchev–Trinajstić information content (AvgIpc) is 2.26. The standard InChI is InChI=1S/C12H24O2Se/c1-14-12(13)10-8-6-4-3-5-7-9-11-15-2/h3-11H2,1-2H3. The molecule has 0 rings (SSSR count). The maximum absolute atomic E-state index is 10.8. The molecule has 0 radical (unpaired) electrons. The Morgan fingerprint density at radius 2 is 1.53 bits per heavy atom. The first-order valence-corrected chi connectivity index (χ1v) is 8.79. The van der Waals surface area contributed by atoms with Gasteiger partial charge in [-0.1, -0.05) is 0 Å². The van der Waals surface area contributed by atoms with E-state index in [1.54, 1.807) is 0 Å². The zero-order chi connectivity index (χ0) is 11.4. The molecule has 0 aliphatic carbocycles. The molecule has 0 saturated heterocycles. The third-order valence-corrected chi connectivity index (χ3v) is 3.92. The van der Waals surface area contributed by atoms with Gasteiger partial charge in [0.15, 0.2) is 0 Å². The Balaban J connectivity index is 2.95. The third kappa shape index (κ3) is 11.9. The van der Waals surface area contributed by atoms with Gasteiger partial charge < -0.3 is 0 Å². The average molecular weight is 279 g/mol. The van der Waals surface area contributed by atoms with Crippen LogP contribution in [0.2, 0.25) is 11.1 Å². The molecule has 0 aliphatic rings. The SMILES string of the molecule is COC(=O)CCCCCCCCC[Se]C. The predicted molar refractivity (Wildman–Crippen MR) is 65.4 cm³/mol. The number of ether oxygens (including phenoxy) is 1. The van der Waals surface area contributed by atoms with E-state index in [2.05, 4.69) is 10.6 Å². The fourth-order valence-corrected chi connectivity index (χ4v) is 2.54. The van der Waals surface area contributed by atoms with E-state index in [0.29, 0.717) is 6.42 Å². The third-order valence-electron chi connectivity index (χ3n) is 2.46. The van der Waals surface area contributed by atoms with Crippen LogP contribution in [0.4, 0.5) is 0 Å². The number of carbonyl (C=O) groups is 1. The topological polar surface area (TPSA) is 26.3 Å². The van der Waals surface area contributed by atoms with Crippen LogP contribution in [0.25, 0.3) is 0 Å². The van der Waals surface area contributed by atoms with Gasteiger partial charge in [0.1, 0.15) is 0 Å². The molecular weight excluding hydrogens is 255 g/mol. The molecule has 0 aliphatic heterocycles. The Bertz CT molecular complexity index is 149. The van der Waals surface area contributed by atoms with Crippen molar-refractivity contribution in [3.05, 3.63) is 0 Å². The van der Waals surface area contributed by atoms with Gasteiger partial charge in [-0.25, -0.2) is 0 Å². The summed E-state index contributed by atoms with van der Waals surface area (Å²) in [6.07, 6.45) is 9.54. The molecule has 0 aromatic carbocycles. The van der Waals surface area contributed by atoms with Gasteiger partial charge in [0.2, 0.25) is 0 Å². The summed E-state index contributed by atoms with van der Waals surface area (Å²) in [4.78, 5) is 10.8. The zero-order valence-corrected chi connectivity index (χ0v) is 11.8. The first-order valence-electron chi connectivity index (χ1n) is 5.87. The fraction of sp³-hybridized carbons (Fsp3) is 0.917. The van der Waals surface area contributed by atoms with Crippen molar-refractivity contribution in [2.75, 3.05) is 7.11 Å². The second-order valence-corrected chi connectivity index (χ2v) is 5.86. The molecule has 90 valence electrons. The Morgan fingerprint density at radius 1 is 1.00 bits per heavy atom. The molecule has 0 atom stereocenters. The van der Waals surface area contributed by atoms with Crippen molar-refractivity contribution in [3.63, 3.8) is 0 Å². The van der Waals surface area contributed by atoms with Crippen molar-refractivity contribution in [3.8, 4) is 0 Å². The van der Waals surface area contributed by atoms with E-state index in [1.807, 2.05) is 0 Å². The van der Waals surface area contributed by atoms with Crippen molar-refractivity contribution in [2.45, 2.75) is 62.5 Å². The number of methoxy groups -OCH3 is 1. The number of esters is 1. The van der Waals surface area contributed by atoms with Gasteiger partial charge in [0.25, 0.3) is 0 Å². The second kappa shape index (κ2) is 12.1. The van der Waals surface area contributed by atoms with Gasteiger partial charge in [-0.05, 0) is 0 Å². The molecule has 0 aromatic rings. The van der Waals surface area contributed by atoms with Crippen LogP contribution in [0.1, 0.15) is 51.4 Å². The number of rotatable bonds is 10. The van der Waals surface area contributed by atoms with Crippen molar-refractivity contribution >= 4 is 20.9 Å². The summed E-state index contributed by atoms with van der Waals surface area (Å²) in [5, 5.41) is 1.44. The van der Waals surface area contributed by atoms with Crippen LogP contribution in [0, 0.1) is 0 Å². The summed E-state index contributed by atoms with van der Waals surface area (Å²) in [5.74, 6) is 2.24. The Kier molecular flexibility index (Phi) is 12.1. The van der Waals surface area contributed by atoms with Crippen molar-refractivity contribution < 1.29 is 9.53 Å². The fourth-order valence-electron chi connectivity index (χ4n) is 1.50. The van der Waals surface area contributed by atoms with E-state index in [1.165, 1.54) is 51.0 Å². The van der Waals surface area contributed by atoms with E-state index < -0.39 is 0 Å². The van der Waals surface area contributed by atoms with Crippen LogP contribution in [0.5, 0.6) is 0 Å². The Morgan fingerprint density at radius 3 is 2.07 bits per heavy atom. The molecule has 0 fully saturated rings. The van der Waals surface area contributed by atoms with Crippen molar-refractivity contribution in [2.24, 2.45) is 0 Å². The number of carbonyl (C=O) groups excluding carboxylic acids is 1. The predicted octanol–water partition coefficient (Wildman–Crippen LogP) is 3.45. The van der Waals surface area contributed by atoms with Gasteiger partial charge in [-0.3, -0.25) is 0 Å². The van der Waals surface area contributed by atoms with Crippen LogP contribution in [0.15, 0.2) is 0 Å². The molecular formula is C12H24O2Se. The molecule has 0 saturated carbocycles. The van der Waals surface area contributed by atoms with Crippen LogP contribution in [-0.4, -0.2) is 28.0 Å². The summed E-state index contributed by atoms with van der Waals surface area (Å²) in [6.45, 7) is 0. The van der Waals surface area contributed by atoms with E-state index in [4.69, 9.17) is 0 Å². The molecule has 15 heavy (non-hydrogen) atoms. The number of unbranched alkanes of at least 4 members (excludes halogenated alkanes) is 6. The second-order valence-electron chi connectivity index (χ2n) is 3.79. The monoisotopic (exact) mass is 280 g/mol. The summed E-state index contributed by atoms with van der Waals surface area (Å²) in [5.41, 5.74) is 0. The van der Waals surface area contributed by atoms with Crippen LogP contribution in [0.3, 0.4) is 0 Å². The normalized spacial score (nSPS) is 10.3. The molecule has 0 amide bonds. The Labute approximate surface area is 100 Å².